The molecular weight excluding hydrogens is 415 g/mol. The van der Waals surface area contributed by atoms with Crippen molar-refractivity contribution < 1.29 is 4.39 Å². The minimum Gasteiger partial charge on any atom is -0.345 e. The molecule has 2 heterocycles. The first-order valence-corrected chi connectivity index (χ1v) is 10.5. The van der Waals surface area contributed by atoms with Crippen LogP contribution in [0.25, 0.3) is 11.3 Å². The summed E-state index contributed by atoms with van der Waals surface area (Å²) >= 11 is 13.1. The molecule has 1 fully saturated rings. The zero-order valence-corrected chi connectivity index (χ0v) is 17.3. The van der Waals surface area contributed by atoms with Crippen molar-refractivity contribution in [3.8, 4) is 11.3 Å². The lowest BCUT2D eigenvalue weighted by atomic mass is 10.2. The molecule has 4 nitrogen and oxygen atoms in total. The quantitative estimate of drug-likeness (QED) is 0.580. The number of piperazine rings is 1. The summed E-state index contributed by atoms with van der Waals surface area (Å²) in [7, 11) is 0. The summed E-state index contributed by atoms with van der Waals surface area (Å²) in [5.41, 5.74) is 2.74. The van der Waals surface area contributed by atoms with Crippen molar-refractivity contribution in [1.29, 1.82) is 0 Å². The number of nitrogens with zero attached hydrogens (tertiary/aromatic N) is 3. The van der Waals surface area contributed by atoms with E-state index in [9.17, 15) is 4.39 Å². The Bertz CT molecular complexity index is 951. The normalized spacial score (nSPS) is 14.2. The Balaban J connectivity index is 1.34. The molecule has 1 aromatic heterocycles. The molecule has 3 aromatic rings. The molecular formula is C20H18ClFN4S2. The molecule has 2 aromatic carbocycles. The van der Waals surface area contributed by atoms with Gasteiger partial charge in [-0.3, -0.25) is 0 Å². The standard InChI is InChI=1S/C20H18ClFN4S2/c21-15-3-7-17(8-4-15)23-19(27)25-9-11-26(12-10-25)20-24-18(13-28-20)14-1-5-16(22)6-2-14/h1-8,13H,9-12H2,(H,23,27). The number of aromatic nitrogens is 1. The number of rotatable bonds is 3. The monoisotopic (exact) mass is 432 g/mol. The van der Waals surface area contributed by atoms with E-state index in [-0.39, 0.29) is 5.82 Å². The van der Waals surface area contributed by atoms with E-state index in [1.54, 1.807) is 23.5 Å². The summed E-state index contributed by atoms with van der Waals surface area (Å²) in [5.74, 6) is -0.237. The summed E-state index contributed by atoms with van der Waals surface area (Å²) in [6.07, 6.45) is 0. The first kappa shape index (κ1) is 19.1. The second kappa shape index (κ2) is 8.43. The van der Waals surface area contributed by atoms with Gasteiger partial charge >= 0.3 is 0 Å². The highest BCUT2D eigenvalue weighted by atomic mass is 35.5. The molecule has 0 atom stereocenters. The van der Waals surface area contributed by atoms with Crippen molar-refractivity contribution in [1.82, 2.24) is 9.88 Å². The summed E-state index contributed by atoms with van der Waals surface area (Å²) in [6.45, 7) is 3.34. The van der Waals surface area contributed by atoms with Gasteiger partial charge in [0.15, 0.2) is 10.2 Å². The molecule has 0 amide bonds. The van der Waals surface area contributed by atoms with Crippen LogP contribution >= 0.6 is 35.2 Å². The molecule has 4 rings (SSSR count). The number of anilines is 2. The number of hydrogen-bond acceptors (Lipinski definition) is 4. The molecule has 1 aliphatic rings. The first-order valence-electron chi connectivity index (χ1n) is 8.86. The predicted octanol–water partition coefficient (Wildman–Crippen LogP) is 5.12. The lowest BCUT2D eigenvalue weighted by molar-refractivity contribution is 0.390. The summed E-state index contributed by atoms with van der Waals surface area (Å²) < 4.78 is 13.1. The lowest BCUT2D eigenvalue weighted by Crippen LogP contribution is -2.50. The summed E-state index contributed by atoms with van der Waals surface area (Å²) in [6, 6.07) is 13.9. The van der Waals surface area contributed by atoms with Crippen LogP contribution in [0.15, 0.2) is 53.9 Å². The largest absolute Gasteiger partial charge is 0.345 e. The van der Waals surface area contributed by atoms with Crippen molar-refractivity contribution in [2.75, 3.05) is 36.4 Å². The van der Waals surface area contributed by atoms with Gasteiger partial charge in [-0.15, -0.1) is 11.3 Å². The molecule has 1 N–H and O–H groups in total. The third-order valence-electron chi connectivity index (χ3n) is 4.56. The molecule has 0 unspecified atom stereocenters. The minimum absolute atomic E-state index is 0.237. The van der Waals surface area contributed by atoms with Gasteiger partial charge in [-0.25, -0.2) is 9.37 Å². The first-order chi connectivity index (χ1) is 13.6. The van der Waals surface area contributed by atoms with Crippen molar-refractivity contribution in [2.45, 2.75) is 0 Å². The Morgan fingerprint density at radius 3 is 2.39 bits per heavy atom. The zero-order chi connectivity index (χ0) is 19.5. The molecule has 0 saturated carbocycles. The smallest absolute Gasteiger partial charge is 0.185 e. The fourth-order valence-corrected chi connectivity index (χ4v) is 4.31. The van der Waals surface area contributed by atoms with Crippen molar-refractivity contribution in [2.24, 2.45) is 0 Å². The van der Waals surface area contributed by atoms with Gasteiger partial charge in [0.05, 0.1) is 5.69 Å². The van der Waals surface area contributed by atoms with E-state index in [4.69, 9.17) is 28.8 Å². The molecule has 1 aliphatic heterocycles. The number of thiocarbonyl (C=S) groups is 1. The maximum Gasteiger partial charge on any atom is 0.185 e. The van der Waals surface area contributed by atoms with E-state index >= 15 is 0 Å². The molecule has 0 bridgehead atoms. The van der Waals surface area contributed by atoms with E-state index < -0.39 is 0 Å². The molecule has 8 heteroatoms. The van der Waals surface area contributed by atoms with Gasteiger partial charge in [0.25, 0.3) is 0 Å². The Hall–Kier alpha value is -2.22. The van der Waals surface area contributed by atoms with Crippen LogP contribution in [0.4, 0.5) is 15.2 Å². The van der Waals surface area contributed by atoms with Crippen LogP contribution in [0.5, 0.6) is 0 Å². The van der Waals surface area contributed by atoms with Gasteiger partial charge in [0.2, 0.25) is 0 Å². The fourth-order valence-electron chi connectivity index (χ4n) is 3.00. The van der Waals surface area contributed by atoms with Gasteiger partial charge in [-0.1, -0.05) is 11.6 Å². The molecule has 144 valence electrons. The van der Waals surface area contributed by atoms with E-state index in [0.29, 0.717) is 10.1 Å². The van der Waals surface area contributed by atoms with Crippen LogP contribution in [-0.2, 0) is 0 Å². The maximum atomic E-state index is 13.1. The average molecular weight is 433 g/mol. The van der Waals surface area contributed by atoms with Gasteiger partial charge in [0.1, 0.15) is 5.82 Å². The van der Waals surface area contributed by atoms with Crippen molar-refractivity contribution in [3.05, 3.63) is 64.8 Å². The average Bonchev–Trinajstić information content (AvgIpc) is 3.20. The topological polar surface area (TPSA) is 31.4 Å². The number of nitrogens with one attached hydrogen (secondary N) is 1. The van der Waals surface area contributed by atoms with E-state index in [1.165, 1.54) is 12.1 Å². The van der Waals surface area contributed by atoms with Crippen LogP contribution in [0.1, 0.15) is 0 Å². The third kappa shape index (κ3) is 4.43. The Morgan fingerprint density at radius 1 is 1.04 bits per heavy atom. The van der Waals surface area contributed by atoms with E-state index in [2.05, 4.69) is 15.1 Å². The number of benzene rings is 2. The minimum atomic E-state index is -0.237. The molecule has 28 heavy (non-hydrogen) atoms. The van der Waals surface area contributed by atoms with Crippen LogP contribution in [0, 0.1) is 5.82 Å². The Labute approximate surface area is 177 Å². The molecule has 1 saturated heterocycles. The highest BCUT2D eigenvalue weighted by Crippen LogP contribution is 2.28. The number of halogens is 2. The van der Waals surface area contributed by atoms with Gasteiger partial charge in [0, 0.05) is 47.8 Å². The van der Waals surface area contributed by atoms with Gasteiger partial charge < -0.3 is 15.1 Å². The van der Waals surface area contributed by atoms with Crippen LogP contribution < -0.4 is 10.2 Å². The van der Waals surface area contributed by atoms with Crippen LogP contribution in [0.2, 0.25) is 5.02 Å². The fraction of sp³-hybridized carbons (Fsp3) is 0.200. The maximum absolute atomic E-state index is 13.1. The van der Waals surface area contributed by atoms with Crippen LogP contribution in [-0.4, -0.2) is 41.2 Å². The lowest BCUT2D eigenvalue weighted by Gasteiger charge is -2.36. The van der Waals surface area contributed by atoms with Gasteiger partial charge in [-0.2, -0.15) is 0 Å². The molecule has 0 radical (unpaired) electrons. The van der Waals surface area contributed by atoms with E-state index in [0.717, 1.165) is 48.3 Å². The zero-order valence-electron chi connectivity index (χ0n) is 14.9. The second-order valence-corrected chi connectivity index (χ2v) is 8.09. The van der Waals surface area contributed by atoms with Crippen molar-refractivity contribution in [3.63, 3.8) is 0 Å². The SMILES string of the molecule is Fc1ccc(-c2csc(N3CCN(C(=S)Nc4ccc(Cl)cc4)CC3)n2)cc1. The molecule has 0 spiro atoms. The second-order valence-electron chi connectivity index (χ2n) is 6.43. The molecule has 0 aliphatic carbocycles. The highest BCUT2D eigenvalue weighted by Gasteiger charge is 2.21. The van der Waals surface area contributed by atoms with Gasteiger partial charge in [-0.05, 0) is 60.7 Å². The number of thiazole rings is 1. The predicted molar refractivity (Wildman–Crippen MR) is 119 cm³/mol. The van der Waals surface area contributed by atoms with E-state index in [1.807, 2.05) is 29.6 Å². The summed E-state index contributed by atoms with van der Waals surface area (Å²) in [5, 5.41) is 7.68. The third-order valence-corrected chi connectivity index (χ3v) is 6.08. The van der Waals surface area contributed by atoms with Crippen LogP contribution in [0.3, 0.4) is 0 Å². The Kier molecular flexibility index (Phi) is 5.75. The summed E-state index contributed by atoms with van der Waals surface area (Å²) in [4.78, 5) is 9.15. The number of hydrogen-bond donors (Lipinski definition) is 1. The Morgan fingerprint density at radius 2 is 1.71 bits per heavy atom. The highest BCUT2D eigenvalue weighted by molar-refractivity contribution is 7.80. The van der Waals surface area contributed by atoms with Crippen molar-refractivity contribution >= 4 is 51.1 Å².